The van der Waals surface area contributed by atoms with E-state index in [1.165, 1.54) is 31.2 Å². The number of phenols is 1. The first-order valence-corrected chi connectivity index (χ1v) is 6.94. The number of phenolic OH excluding ortho intramolecular Hbond substituents is 1. The summed E-state index contributed by atoms with van der Waals surface area (Å²) in [6, 6.07) is 6.33. The Labute approximate surface area is 108 Å². The van der Waals surface area contributed by atoms with Crippen molar-refractivity contribution >= 4 is 0 Å². The van der Waals surface area contributed by atoms with E-state index in [0.29, 0.717) is 18.7 Å². The molecule has 0 amide bonds. The Bertz CT molecular complexity index is 425. The van der Waals surface area contributed by atoms with Crippen LogP contribution in [-0.4, -0.2) is 17.8 Å². The van der Waals surface area contributed by atoms with E-state index in [1.807, 2.05) is 6.07 Å². The van der Waals surface area contributed by atoms with E-state index in [2.05, 4.69) is 12.2 Å². The topological polar surface area (TPSA) is 41.5 Å². The Hall–Kier alpha value is -1.22. The fourth-order valence-electron chi connectivity index (χ4n) is 3.05. The quantitative estimate of drug-likeness (QED) is 0.844. The fraction of sp³-hybridized carbons (Fsp3) is 0.600. The molecule has 0 saturated heterocycles. The Balaban J connectivity index is 1.66. The SMILES string of the molecule is CC1CCC(NC2COc3cc(O)ccc32)CC1. The fourth-order valence-corrected chi connectivity index (χ4v) is 3.05. The largest absolute Gasteiger partial charge is 0.508 e. The molecule has 98 valence electrons. The summed E-state index contributed by atoms with van der Waals surface area (Å²) in [6.07, 6.45) is 5.19. The van der Waals surface area contributed by atoms with Crippen molar-refractivity contribution in [1.82, 2.24) is 5.32 Å². The summed E-state index contributed by atoms with van der Waals surface area (Å²) in [5.41, 5.74) is 1.19. The van der Waals surface area contributed by atoms with Crippen molar-refractivity contribution in [3.8, 4) is 11.5 Å². The van der Waals surface area contributed by atoms with Crippen molar-refractivity contribution in [2.45, 2.75) is 44.7 Å². The molecule has 1 saturated carbocycles. The summed E-state index contributed by atoms with van der Waals surface area (Å²) < 4.78 is 5.63. The van der Waals surface area contributed by atoms with Crippen LogP contribution in [0.3, 0.4) is 0 Å². The number of hydrogen-bond donors (Lipinski definition) is 2. The molecule has 3 nitrogen and oxygen atoms in total. The molecule has 1 unspecified atom stereocenters. The number of rotatable bonds is 2. The van der Waals surface area contributed by atoms with Gasteiger partial charge in [0.2, 0.25) is 0 Å². The highest BCUT2D eigenvalue weighted by Gasteiger charge is 2.28. The second kappa shape index (κ2) is 4.81. The summed E-state index contributed by atoms with van der Waals surface area (Å²) in [7, 11) is 0. The lowest BCUT2D eigenvalue weighted by molar-refractivity contribution is 0.254. The van der Waals surface area contributed by atoms with Crippen LogP contribution in [0.25, 0.3) is 0 Å². The van der Waals surface area contributed by atoms with Gasteiger partial charge in [-0.3, -0.25) is 0 Å². The molecule has 1 aromatic rings. The molecule has 0 aromatic heterocycles. The maximum Gasteiger partial charge on any atom is 0.127 e. The molecule has 3 heteroatoms. The zero-order valence-electron chi connectivity index (χ0n) is 10.9. The number of benzene rings is 1. The van der Waals surface area contributed by atoms with Crippen LogP contribution in [0.5, 0.6) is 11.5 Å². The lowest BCUT2D eigenvalue weighted by Crippen LogP contribution is -2.36. The molecular weight excluding hydrogens is 226 g/mol. The van der Waals surface area contributed by atoms with Gasteiger partial charge in [-0.15, -0.1) is 0 Å². The van der Waals surface area contributed by atoms with Crippen molar-refractivity contribution in [1.29, 1.82) is 0 Å². The molecule has 18 heavy (non-hydrogen) atoms. The molecule has 1 aromatic carbocycles. The Kier molecular flexibility index (Phi) is 3.16. The van der Waals surface area contributed by atoms with Crippen molar-refractivity contribution in [3.05, 3.63) is 23.8 Å². The van der Waals surface area contributed by atoms with Gasteiger partial charge in [0.15, 0.2) is 0 Å². The first-order valence-electron chi connectivity index (χ1n) is 6.94. The molecule has 2 N–H and O–H groups in total. The summed E-state index contributed by atoms with van der Waals surface area (Å²) in [5.74, 6) is 1.99. The minimum absolute atomic E-state index is 0.279. The molecule has 0 spiro atoms. The lowest BCUT2D eigenvalue weighted by Gasteiger charge is -2.29. The smallest absolute Gasteiger partial charge is 0.127 e. The maximum atomic E-state index is 9.43. The first kappa shape index (κ1) is 11.8. The third-order valence-electron chi connectivity index (χ3n) is 4.23. The maximum absolute atomic E-state index is 9.43. The van der Waals surface area contributed by atoms with Gasteiger partial charge >= 0.3 is 0 Å². The van der Waals surface area contributed by atoms with Gasteiger partial charge in [-0.25, -0.2) is 0 Å². The zero-order chi connectivity index (χ0) is 12.5. The molecule has 0 bridgehead atoms. The monoisotopic (exact) mass is 247 g/mol. The van der Waals surface area contributed by atoms with E-state index >= 15 is 0 Å². The van der Waals surface area contributed by atoms with Crippen LogP contribution < -0.4 is 10.1 Å². The standard InChI is InChI=1S/C15H21NO2/c1-10-2-4-11(5-3-10)16-14-9-18-15-8-12(17)6-7-13(14)15/h6-8,10-11,14,16-17H,2-5,9H2,1H3. The van der Waals surface area contributed by atoms with Gasteiger partial charge in [-0.05, 0) is 43.7 Å². The zero-order valence-corrected chi connectivity index (χ0v) is 10.9. The third kappa shape index (κ3) is 2.32. The average molecular weight is 247 g/mol. The van der Waals surface area contributed by atoms with Crippen LogP contribution >= 0.6 is 0 Å². The summed E-state index contributed by atoms with van der Waals surface area (Å²) in [6.45, 7) is 3.03. The van der Waals surface area contributed by atoms with Crippen LogP contribution in [0.15, 0.2) is 18.2 Å². The number of nitrogens with one attached hydrogen (secondary N) is 1. The summed E-state index contributed by atoms with van der Waals surface area (Å²) in [4.78, 5) is 0. The van der Waals surface area contributed by atoms with Crippen molar-refractivity contribution < 1.29 is 9.84 Å². The Morgan fingerprint density at radius 1 is 1.22 bits per heavy atom. The molecule has 1 aliphatic carbocycles. The average Bonchev–Trinajstić information content (AvgIpc) is 2.74. The van der Waals surface area contributed by atoms with Crippen LogP contribution in [-0.2, 0) is 0 Å². The molecular formula is C15H21NO2. The van der Waals surface area contributed by atoms with Crippen LogP contribution in [0, 0.1) is 5.92 Å². The normalized spacial score (nSPS) is 30.8. The highest BCUT2D eigenvalue weighted by Crippen LogP contribution is 2.36. The van der Waals surface area contributed by atoms with Crippen molar-refractivity contribution in [2.24, 2.45) is 5.92 Å². The van der Waals surface area contributed by atoms with Gasteiger partial charge in [-0.1, -0.05) is 6.92 Å². The highest BCUT2D eigenvalue weighted by atomic mass is 16.5. The van der Waals surface area contributed by atoms with E-state index in [1.54, 1.807) is 12.1 Å². The van der Waals surface area contributed by atoms with Crippen molar-refractivity contribution in [2.75, 3.05) is 6.61 Å². The van der Waals surface area contributed by atoms with E-state index in [0.717, 1.165) is 11.7 Å². The van der Waals surface area contributed by atoms with Crippen LogP contribution in [0.2, 0.25) is 0 Å². The van der Waals surface area contributed by atoms with Gasteiger partial charge in [0.1, 0.15) is 18.1 Å². The third-order valence-corrected chi connectivity index (χ3v) is 4.23. The van der Waals surface area contributed by atoms with Gasteiger partial charge < -0.3 is 15.2 Å². The number of aromatic hydroxyl groups is 1. The molecule has 2 aliphatic rings. The molecule has 3 rings (SSSR count). The van der Waals surface area contributed by atoms with Crippen LogP contribution in [0.1, 0.15) is 44.2 Å². The van der Waals surface area contributed by atoms with Gasteiger partial charge in [0.05, 0.1) is 6.04 Å². The Morgan fingerprint density at radius 3 is 2.78 bits per heavy atom. The number of fused-ring (bicyclic) bond motifs is 1. The minimum Gasteiger partial charge on any atom is -0.508 e. The summed E-state index contributed by atoms with van der Waals surface area (Å²) >= 11 is 0. The second-order valence-corrected chi connectivity index (χ2v) is 5.71. The lowest BCUT2D eigenvalue weighted by atomic mass is 9.87. The number of ether oxygens (including phenoxy) is 1. The first-order chi connectivity index (χ1) is 8.72. The molecule has 1 atom stereocenters. The highest BCUT2D eigenvalue weighted by molar-refractivity contribution is 5.44. The predicted octanol–water partition coefficient (Wildman–Crippen LogP) is 2.99. The van der Waals surface area contributed by atoms with Gasteiger partial charge in [-0.2, -0.15) is 0 Å². The van der Waals surface area contributed by atoms with E-state index in [4.69, 9.17) is 4.74 Å². The second-order valence-electron chi connectivity index (χ2n) is 5.71. The van der Waals surface area contributed by atoms with Crippen molar-refractivity contribution in [3.63, 3.8) is 0 Å². The molecule has 1 heterocycles. The number of hydrogen-bond acceptors (Lipinski definition) is 3. The summed E-state index contributed by atoms with van der Waals surface area (Å²) in [5, 5.41) is 13.1. The van der Waals surface area contributed by atoms with Gasteiger partial charge in [0, 0.05) is 17.7 Å². The van der Waals surface area contributed by atoms with E-state index < -0.39 is 0 Å². The van der Waals surface area contributed by atoms with Crippen LogP contribution in [0.4, 0.5) is 0 Å². The van der Waals surface area contributed by atoms with Gasteiger partial charge in [0.25, 0.3) is 0 Å². The predicted molar refractivity (Wildman–Crippen MR) is 70.9 cm³/mol. The van der Waals surface area contributed by atoms with E-state index in [-0.39, 0.29) is 5.75 Å². The molecule has 1 fully saturated rings. The van der Waals surface area contributed by atoms with E-state index in [9.17, 15) is 5.11 Å². The molecule has 0 radical (unpaired) electrons. The minimum atomic E-state index is 0.279. The Morgan fingerprint density at radius 2 is 2.00 bits per heavy atom. The molecule has 1 aliphatic heterocycles.